The Labute approximate surface area is 121 Å². The van der Waals surface area contributed by atoms with Gasteiger partial charge in [0, 0.05) is 22.9 Å². The van der Waals surface area contributed by atoms with E-state index in [1.807, 2.05) is 0 Å². The second kappa shape index (κ2) is 4.11. The summed E-state index contributed by atoms with van der Waals surface area (Å²) in [5.74, 6) is 0. The van der Waals surface area contributed by atoms with Gasteiger partial charge in [-0.3, -0.25) is 19.2 Å². The minimum atomic E-state index is -0.659. The summed E-state index contributed by atoms with van der Waals surface area (Å²) in [5.41, 5.74) is -0.539. The van der Waals surface area contributed by atoms with Gasteiger partial charge < -0.3 is 0 Å². The smallest absolute Gasteiger partial charge is 0.228 e. The molecule has 0 saturated carbocycles. The summed E-state index contributed by atoms with van der Waals surface area (Å²) in [6, 6.07) is 7.63. The molecule has 0 aliphatic heterocycles. The molecule has 4 aromatic rings. The molecule has 0 N–H and O–H groups in total. The highest BCUT2D eigenvalue weighted by molar-refractivity contribution is 5.97. The maximum Gasteiger partial charge on any atom is 0.228 e. The van der Waals surface area contributed by atoms with Gasteiger partial charge in [0.15, 0.2) is 10.9 Å². The summed E-state index contributed by atoms with van der Waals surface area (Å²) in [6.45, 7) is 0. The van der Waals surface area contributed by atoms with Crippen molar-refractivity contribution in [2.75, 3.05) is 0 Å². The van der Waals surface area contributed by atoms with Crippen LogP contribution < -0.4 is 21.7 Å². The van der Waals surface area contributed by atoms with Crippen molar-refractivity contribution < 1.29 is 0 Å². The number of aromatic nitrogens is 2. The summed E-state index contributed by atoms with van der Waals surface area (Å²) >= 11 is 0. The maximum atomic E-state index is 11.9. The lowest BCUT2D eigenvalue weighted by molar-refractivity contribution is 1.37. The molecule has 22 heavy (non-hydrogen) atoms. The fourth-order valence-corrected chi connectivity index (χ4v) is 2.47. The van der Waals surface area contributed by atoms with Gasteiger partial charge in [-0.2, -0.15) is 0 Å². The fourth-order valence-electron chi connectivity index (χ4n) is 2.47. The van der Waals surface area contributed by atoms with Crippen molar-refractivity contribution in [3.8, 4) is 0 Å². The van der Waals surface area contributed by atoms with Crippen molar-refractivity contribution in [1.29, 1.82) is 0 Å². The summed E-state index contributed by atoms with van der Waals surface area (Å²) in [7, 11) is 0. The second-order valence-electron chi connectivity index (χ2n) is 4.96. The Morgan fingerprint density at radius 1 is 0.500 bits per heavy atom. The van der Waals surface area contributed by atoms with Crippen molar-refractivity contribution in [2.24, 2.45) is 0 Å². The predicted octanol–water partition coefficient (Wildman–Crippen LogP) is 0.253. The highest BCUT2D eigenvalue weighted by Gasteiger charge is 2.09. The number of benzene rings is 3. The van der Waals surface area contributed by atoms with E-state index in [4.69, 9.17) is 0 Å². The average molecular weight is 290 g/mol. The topological polar surface area (TPSA) is 94.1 Å². The van der Waals surface area contributed by atoms with Crippen LogP contribution in [0.1, 0.15) is 0 Å². The quantitative estimate of drug-likeness (QED) is 0.340. The SMILES string of the molecule is O=c1cc2nc3cc4c(=O)ccc(=O)c4cc3nc2cc1=O. The molecule has 0 aliphatic carbocycles. The molecule has 0 saturated heterocycles. The molecule has 1 heterocycles. The first-order valence-corrected chi connectivity index (χ1v) is 6.43. The van der Waals surface area contributed by atoms with Crippen molar-refractivity contribution >= 4 is 32.8 Å². The Morgan fingerprint density at radius 2 is 0.864 bits per heavy atom. The van der Waals surface area contributed by atoms with E-state index in [0.717, 1.165) is 12.1 Å². The van der Waals surface area contributed by atoms with Gasteiger partial charge in [-0.1, -0.05) is 0 Å². The zero-order chi connectivity index (χ0) is 15.4. The van der Waals surface area contributed by atoms with E-state index in [1.165, 1.54) is 24.3 Å². The zero-order valence-corrected chi connectivity index (χ0v) is 11.0. The average Bonchev–Trinajstić information content (AvgIpc) is 2.49. The Hall–Kier alpha value is -3.28. The molecule has 6 nitrogen and oxygen atoms in total. The fraction of sp³-hybridized carbons (Fsp3) is 0. The first-order valence-electron chi connectivity index (χ1n) is 6.43. The third kappa shape index (κ3) is 1.67. The molecule has 6 heteroatoms. The molecule has 0 bridgehead atoms. The van der Waals surface area contributed by atoms with Gasteiger partial charge in [-0.25, -0.2) is 9.97 Å². The largest absolute Gasteiger partial charge is 0.289 e. The van der Waals surface area contributed by atoms with E-state index in [0.29, 0.717) is 11.0 Å². The van der Waals surface area contributed by atoms with Crippen LogP contribution in [0, 0.1) is 0 Å². The maximum absolute atomic E-state index is 11.9. The molecular formula is C16H6N2O4. The molecule has 1 aromatic heterocycles. The number of fused-ring (bicyclic) bond motifs is 3. The van der Waals surface area contributed by atoms with Gasteiger partial charge >= 0.3 is 0 Å². The van der Waals surface area contributed by atoms with E-state index in [9.17, 15) is 19.2 Å². The molecule has 104 valence electrons. The van der Waals surface area contributed by atoms with Crippen molar-refractivity contribution in [3.05, 3.63) is 77.3 Å². The summed E-state index contributed by atoms with van der Waals surface area (Å²) in [4.78, 5) is 55.1. The third-order valence-electron chi connectivity index (χ3n) is 3.55. The molecule has 0 amide bonds. The number of nitrogens with zero attached hydrogens (tertiary/aromatic N) is 2. The summed E-state index contributed by atoms with van der Waals surface area (Å²) in [5, 5.41) is 0.521. The Kier molecular flexibility index (Phi) is 2.33. The monoisotopic (exact) mass is 290 g/mol. The van der Waals surface area contributed by atoms with Gasteiger partial charge in [-0.15, -0.1) is 0 Å². The highest BCUT2D eigenvalue weighted by Crippen LogP contribution is 2.18. The predicted molar refractivity (Wildman–Crippen MR) is 82.0 cm³/mol. The van der Waals surface area contributed by atoms with Crippen LogP contribution in [0.2, 0.25) is 0 Å². The lowest BCUT2D eigenvalue weighted by Crippen LogP contribution is -2.21. The number of hydrogen-bond donors (Lipinski definition) is 0. The van der Waals surface area contributed by atoms with Gasteiger partial charge in [0.2, 0.25) is 10.9 Å². The van der Waals surface area contributed by atoms with Gasteiger partial charge in [-0.05, 0) is 24.3 Å². The van der Waals surface area contributed by atoms with Crippen molar-refractivity contribution in [3.63, 3.8) is 0 Å². The Bertz CT molecular complexity index is 1200. The van der Waals surface area contributed by atoms with Gasteiger partial charge in [0.05, 0.1) is 22.1 Å². The van der Waals surface area contributed by atoms with E-state index in [2.05, 4.69) is 9.97 Å². The lowest BCUT2D eigenvalue weighted by atomic mass is 10.1. The van der Waals surface area contributed by atoms with Crippen LogP contribution in [0.4, 0.5) is 0 Å². The van der Waals surface area contributed by atoms with Crippen LogP contribution in [-0.4, -0.2) is 9.97 Å². The second-order valence-corrected chi connectivity index (χ2v) is 4.96. The molecule has 0 unspecified atom stereocenters. The molecule has 0 radical (unpaired) electrons. The van der Waals surface area contributed by atoms with E-state index in [1.54, 1.807) is 0 Å². The van der Waals surface area contributed by atoms with Crippen LogP contribution >= 0.6 is 0 Å². The molecule has 3 aromatic carbocycles. The van der Waals surface area contributed by atoms with Crippen LogP contribution in [0.15, 0.2) is 55.6 Å². The normalized spacial score (nSPS) is 11.5. The minimum Gasteiger partial charge on any atom is -0.289 e. The minimum absolute atomic E-state index is 0.261. The Morgan fingerprint density at radius 3 is 1.27 bits per heavy atom. The van der Waals surface area contributed by atoms with E-state index in [-0.39, 0.29) is 32.7 Å². The first-order chi connectivity index (χ1) is 10.5. The first kappa shape index (κ1) is 12.5. The highest BCUT2D eigenvalue weighted by atomic mass is 16.2. The molecule has 0 fully saturated rings. The van der Waals surface area contributed by atoms with Crippen molar-refractivity contribution in [2.45, 2.75) is 0 Å². The van der Waals surface area contributed by atoms with Crippen LogP contribution in [0.25, 0.3) is 32.8 Å². The molecular weight excluding hydrogens is 284 g/mol. The molecule has 0 aliphatic rings. The van der Waals surface area contributed by atoms with Crippen LogP contribution in [0.5, 0.6) is 0 Å². The van der Waals surface area contributed by atoms with Crippen molar-refractivity contribution in [1.82, 2.24) is 9.97 Å². The van der Waals surface area contributed by atoms with Crippen LogP contribution in [0.3, 0.4) is 0 Å². The van der Waals surface area contributed by atoms with Crippen LogP contribution in [-0.2, 0) is 0 Å². The summed E-state index contributed by atoms with van der Waals surface area (Å²) in [6.07, 6.45) is 0. The number of hydrogen-bond acceptors (Lipinski definition) is 6. The molecule has 4 rings (SSSR count). The third-order valence-corrected chi connectivity index (χ3v) is 3.55. The molecule has 0 spiro atoms. The van der Waals surface area contributed by atoms with Gasteiger partial charge in [0.1, 0.15) is 0 Å². The Balaban J connectivity index is 2.26. The van der Waals surface area contributed by atoms with E-state index >= 15 is 0 Å². The standard InChI is InChI=1S/C16H6N2O4/c19-13-1-2-14(20)8-4-10-9(3-7(8)13)17-11-5-15(21)16(22)6-12(11)18-10/h1-6H. The number of rotatable bonds is 0. The molecule has 0 atom stereocenters. The van der Waals surface area contributed by atoms with Gasteiger partial charge in [0.25, 0.3) is 0 Å². The lowest BCUT2D eigenvalue weighted by Gasteiger charge is -2.02. The summed E-state index contributed by atoms with van der Waals surface area (Å²) < 4.78 is 0. The zero-order valence-electron chi connectivity index (χ0n) is 11.0. The van der Waals surface area contributed by atoms with E-state index < -0.39 is 10.9 Å².